The van der Waals surface area contributed by atoms with Crippen LogP contribution in [-0.4, -0.2) is 47.8 Å². The summed E-state index contributed by atoms with van der Waals surface area (Å²) in [4.78, 5) is 4.66. The van der Waals surface area contributed by atoms with E-state index in [2.05, 4.69) is 25.9 Å². The van der Waals surface area contributed by atoms with Crippen LogP contribution in [0.1, 0.15) is 17.0 Å². The highest BCUT2D eigenvalue weighted by Crippen LogP contribution is 2.23. The highest BCUT2D eigenvalue weighted by Gasteiger charge is 2.19. The van der Waals surface area contributed by atoms with Crippen molar-refractivity contribution in [3.8, 4) is 12.3 Å². The standard InChI is InChI=1S/C17H19FN4S/c1-2-3-8-21-9-11-22(12-10-21)17-20-19-16(23-17)13-14-4-6-15(18)7-5-14/h1,4-7H,3,8-13H2. The van der Waals surface area contributed by atoms with E-state index >= 15 is 0 Å². The molecule has 0 N–H and O–H groups in total. The number of aromatic nitrogens is 2. The van der Waals surface area contributed by atoms with Gasteiger partial charge in [-0.15, -0.1) is 22.5 Å². The Hall–Kier alpha value is -1.97. The molecule has 0 atom stereocenters. The summed E-state index contributed by atoms with van der Waals surface area (Å²) in [6.45, 7) is 4.89. The predicted molar refractivity (Wildman–Crippen MR) is 91.2 cm³/mol. The lowest BCUT2D eigenvalue weighted by Crippen LogP contribution is -2.46. The molecule has 2 aromatic rings. The van der Waals surface area contributed by atoms with Crippen LogP contribution in [-0.2, 0) is 6.42 Å². The monoisotopic (exact) mass is 330 g/mol. The van der Waals surface area contributed by atoms with Gasteiger partial charge in [0.05, 0.1) is 0 Å². The molecule has 1 fully saturated rings. The molecule has 1 saturated heterocycles. The molecule has 1 aromatic carbocycles. The lowest BCUT2D eigenvalue weighted by atomic mass is 10.2. The van der Waals surface area contributed by atoms with Gasteiger partial charge in [-0.2, -0.15) is 0 Å². The van der Waals surface area contributed by atoms with Crippen molar-refractivity contribution in [1.82, 2.24) is 15.1 Å². The highest BCUT2D eigenvalue weighted by molar-refractivity contribution is 7.15. The first kappa shape index (κ1) is 15.9. The molecule has 0 radical (unpaired) electrons. The van der Waals surface area contributed by atoms with Crippen LogP contribution >= 0.6 is 11.3 Å². The van der Waals surface area contributed by atoms with E-state index in [0.717, 1.165) is 54.8 Å². The van der Waals surface area contributed by atoms with Crippen molar-refractivity contribution in [3.63, 3.8) is 0 Å². The Morgan fingerprint density at radius 3 is 2.57 bits per heavy atom. The molecule has 0 aliphatic carbocycles. The van der Waals surface area contributed by atoms with Crippen LogP contribution in [0, 0.1) is 18.2 Å². The summed E-state index contributed by atoms with van der Waals surface area (Å²) < 4.78 is 12.9. The molecular weight excluding hydrogens is 311 g/mol. The SMILES string of the molecule is C#CCCN1CCN(c2nnc(Cc3ccc(F)cc3)s2)CC1. The molecule has 1 aliphatic rings. The van der Waals surface area contributed by atoms with Gasteiger partial charge in [0.15, 0.2) is 0 Å². The molecule has 0 saturated carbocycles. The Kier molecular flexibility index (Phi) is 5.21. The van der Waals surface area contributed by atoms with Gasteiger partial charge in [0, 0.05) is 45.6 Å². The average Bonchev–Trinajstić information content (AvgIpc) is 3.04. The van der Waals surface area contributed by atoms with Crippen molar-refractivity contribution in [3.05, 3.63) is 40.7 Å². The molecule has 0 spiro atoms. The molecule has 1 aromatic heterocycles. The van der Waals surface area contributed by atoms with Gasteiger partial charge in [0.1, 0.15) is 10.8 Å². The number of halogens is 1. The molecule has 3 rings (SSSR count). The van der Waals surface area contributed by atoms with E-state index in [-0.39, 0.29) is 5.82 Å². The highest BCUT2D eigenvalue weighted by atomic mass is 32.1. The van der Waals surface area contributed by atoms with Crippen LogP contribution in [0.15, 0.2) is 24.3 Å². The van der Waals surface area contributed by atoms with Crippen LogP contribution in [0.5, 0.6) is 0 Å². The van der Waals surface area contributed by atoms with E-state index in [0.29, 0.717) is 6.42 Å². The van der Waals surface area contributed by atoms with Crippen LogP contribution < -0.4 is 4.90 Å². The fourth-order valence-corrected chi connectivity index (χ4v) is 3.53. The quantitative estimate of drug-likeness (QED) is 0.788. The van der Waals surface area contributed by atoms with Crippen molar-refractivity contribution in [2.45, 2.75) is 12.8 Å². The first-order valence-electron chi connectivity index (χ1n) is 7.72. The van der Waals surface area contributed by atoms with Crippen molar-refractivity contribution in [1.29, 1.82) is 0 Å². The number of hydrogen-bond donors (Lipinski definition) is 0. The Labute approximate surface area is 139 Å². The van der Waals surface area contributed by atoms with Gasteiger partial charge in [0.25, 0.3) is 0 Å². The summed E-state index contributed by atoms with van der Waals surface area (Å²) in [5.74, 6) is 2.48. The van der Waals surface area contributed by atoms with E-state index < -0.39 is 0 Å². The summed E-state index contributed by atoms with van der Waals surface area (Å²) in [6.07, 6.45) is 6.81. The van der Waals surface area contributed by atoms with Crippen LogP contribution in [0.3, 0.4) is 0 Å². The third kappa shape index (κ3) is 4.27. The second kappa shape index (κ2) is 7.53. The lowest BCUT2D eigenvalue weighted by Gasteiger charge is -2.33. The van der Waals surface area contributed by atoms with E-state index in [1.807, 2.05) is 0 Å². The van der Waals surface area contributed by atoms with Gasteiger partial charge in [-0.3, -0.25) is 4.90 Å². The fourth-order valence-electron chi connectivity index (χ4n) is 2.61. The molecule has 2 heterocycles. The molecule has 0 unspecified atom stereocenters. The normalized spacial score (nSPS) is 15.6. The smallest absolute Gasteiger partial charge is 0.208 e. The topological polar surface area (TPSA) is 32.3 Å². The zero-order valence-corrected chi connectivity index (χ0v) is 13.7. The van der Waals surface area contributed by atoms with Crippen molar-refractivity contribution < 1.29 is 4.39 Å². The maximum Gasteiger partial charge on any atom is 0.208 e. The zero-order chi connectivity index (χ0) is 16.1. The van der Waals surface area contributed by atoms with Crippen molar-refractivity contribution in [2.24, 2.45) is 0 Å². The number of rotatable bonds is 5. The summed E-state index contributed by atoms with van der Waals surface area (Å²) >= 11 is 1.62. The number of terminal acetylenes is 1. The minimum atomic E-state index is -0.214. The predicted octanol–water partition coefficient (Wildman–Crippen LogP) is 2.41. The van der Waals surface area contributed by atoms with E-state index in [1.54, 1.807) is 23.5 Å². The first-order chi connectivity index (χ1) is 11.2. The molecule has 4 nitrogen and oxygen atoms in total. The number of nitrogens with zero attached hydrogens (tertiary/aromatic N) is 4. The second-order valence-electron chi connectivity index (χ2n) is 5.56. The largest absolute Gasteiger partial charge is 0.344 e. The first-order valence-corrected chi connectivity index (χ1v) is 8.54. The van der Waals surface area contributed by atoms with Crippen molar-refractivity contribution in [2.75, 3.05) is 37.6 Å². The summed E-state index contributed by atoms with van der Waals surface area (Å²) in [7, 11) is 0. The molecule has 120 valence electrons. The van der Waals surface area contributed by atoms with E-state index in [9.17, 15) is 4.39 Å². The summed E-state index contributed by atoms with van der Waals surface area (Å²) in [6, 6.07) is 6.54. The maximum absolute atomic E-state index is 12.9. The molecule has 1 aliphatic heterocycles. The number of anilines is 1. The van der Waals surface area contributed by atoms with Gasteiger partial charge >= 0.3 is 0 Å². The molecule has 0 amide bonds. The lowest BCUT2D eigenvalue weighted by molar-refractivity contribution is 0.263. The molecule has 23 heavy (non-hydrogen) atoms. The second-order valence-corrected chi connectivity index (χ2v) is 6.60. The van der Waals surface area contributed by atoms with Crippen LogP contribution in [0.25, 0.3) is 0 Å². The molecule has 0 bridgehead atoms. The van der Waals surface area contributed by atoms with Crippen LogP contribution in [0.4, 0.5) is 9.52 Å². The Balaban J connectivity index is 1.55. The van der Waals surface area contributed by atoms with E-state index in [4.69, 9.17) is 6.42 Å². The average molecular weight is 330 g/mol. The van der Waals surface area contributed by atoms with Gasteiger partial charge in [0.2, 0.25) is 5.13 Å². The van der Waals surface area contributed by atoms with Crippen LogP contribution in [0.2, 0.25) is 0 Å². The van der Waals surface area contributed by atoms with Gasteiger partial charge < -0.3 is 4.90 Å². The minimum absolute atomic E-state index is 0.214. The van der Waals surface area contributed by atoms with E-state index in [1.165, 1.54) is 12.1 Å². The fraction of sp³-hybridized carbons (Fsp3) is 0.412. The third-order valence-electron chi connectivity index (χ3n) is 3.94. The Morgan fingerprint density at radius 2 is 1.87 bits per heavy atom. The third-order valence-corrected chi connectivity index (χ3v) is 4.92. The molecule has 6 heteroatoms. The summed E-state index contributed by atoms with van der Waals surface area (Å²) in [5, 5.41) is 10.5. The number of benzene rings is 1. The van der Waals surface area contributed by atoms with Gasteiger partial charge in [-0.1, -0.05) is 23.5 Å². The van der Waals surface area contributed by atoms with Gasteiger partial charge in [-0.05, 0) is 17.7 Å². The summed E-state index contributed by atoms with van der Waals surface area (Å²) in [5.41, 5.74) is 1.05. The number of piperazine rings is 1. The zero-order valence-electron chi connectivity index (χ0n) is 12.9. The molecular formula is C17H19FN4S. The van der Waals surface area contributed by atoms with Crippen molar-refractivity contribution >= 4 is 16.5 Å². The Bertz CT molecular complexity index is 669. The van der Waals surface area contributed by atoms with Gasteiger partial charge in [-0.25, -0.2) is 4.39 Å². The number of hydrogen-bond acceptors (Lipinski definition) is 5. The maximum atomic E-state index is 12.9. The Morgan fingerprint density at radius 1 is 1.13 bits per heavy atom. The minimum Gasteiger partial charge on any atom is -0.344 e.